The molecule has 3 nitrogen and oxygen atoms in total. The topological polar surface area (TPSA) is 43.4 Å². The van der Waals surface area contributed by atoms with Crippen LogP contribution in [0.2, 0.25) is 0 Å². The molecule has 250 valence electrons. The summed E-state index contributed by atoms with van der Waals surface area (Å²) in [5, 5.41) is 0. The molecule has 1 saturated heterocycles. The number of ether oxygens (including phenoxy) is 1. The van der Waals surface area contributed by atoms with Crippen LogP contribution in [0.25, 0.3) is 0 Å². The van der Waals surface area contributed by atoms with Crippen LogP contribution < -0.4 is 0 Å². The lowest BCUT2D eigenvalue weighted by atomic mass is 10.0. The quantitative estimate of drug-likeness (QED) is 0.0334. The molecule has 1 aliphatic heterocycles. The number of esters is 2. The number of allylic oxidation sites excluding steroid dienone is 2. The van der Waals surface area contributed by atoms with Crippen LogP contribution in [0, 0.1) is 0 Å². The van der Waals surface area contributed by atoms with Crippen molar-refractivity contribution < 1.29 is 14.3 Å². The largest absolute Gasteiger partial charge is 0.386 e. The van der Waals surface area contributed by atoms with Crippen molar-refractivity contribution in [3.05, 3.63) is 23.3 Å². The van der Waals surface area contributed by atoms with Gasteiger partial charge in [0.05, 0.1) is 11.1 Å². The molecule has 0 atom stereocenters. The second-order valence-electron chi connectivity index (χ2n) is 13.4. The zero-order chi connectivity index (χ0) is 31.1. The third-order valence-electron chi connectivity index (χ3n) is 9.23. The summed E-state index contributed by atoms with van der Waals surface area (Å²) in [6.45, 7) is 4.56. The average Bonchev–Trinajstić information content (AvgIpc) is 3.27. The fraction of sp³-hybridized carbons (Fsp3) is 0.850. The zero-order valence-corrected chi connectivity index (χ0v) is 29.0. The smallest absolute Gasteiger partial charge is 0.346 e. The monoisotopic (exact) mass is 601 g/mol. The maximum Gasteiger partial charge on any atom is 0.346 e. The minimum Gasteiger partial charge on any atom is -0.386 e. The van der Waals surface area contributed by atoms with Gasteiger partial charge in [-0.05, 0) is 25.7 Å². The molecule has 0 N–H and O–H groups in total. The van der Waals surface area contributed by atoms with Crippen LogP contribution in [-0.4, -0.2) is 11.9 Å². The van der Waals surface area contributed by atoms with Crippen LogP contribution in [0.1, 0.15) is 219 Å². The van der Waals surface area contributed by atoms with Gasteiger partial charge in [0, 0.05) is 0 Å². The van der Waals surface area contributed by atoms with E-state index >= 15 is 0 Å². The molecule has 1 rings (SSSR count). The molecule has 1 heterocycles. The van der Waals surface area contributed by atoms with E-state index in [0.29, 0.717) is 11.1 Å². The Hall–Kier alpha value is -1.38. The van der Waals surface area contributed by atoms with Crippen molar-refractivity contribution in [3.63, 3.8) is 0 Å². The summed E-state index contributed by atoms with van der Waals surface area (Å²) < 4.78 is 4.93. The SMILES string of the molecule is CCCCCCCCCCCCCCCCCC=C1C(=O)OC(=O)C1=CCCCCCCCCCCCCCCCCC. The second-order valence-corrected chi connectivity index (χ2v) is 13.4. The summed E-state index contributed by atoms with van der Waals surface area (Å²) in [5.74, 6) is -0.901. The predicted octanol–water partition coefficient (Wildman–Crippen LogP) is 13.4. The van der Waals surface area contributed by atoms with Gasteiger partial charge in [-0.1, -0.05) is 206 Å². The van der Waals surface area contributed by atoms with Gasteiger partial charge in [-0.25, -0.2) is 9.59 Å². The van der Waals surface area contributed by atoms with E-state index in [1.165, 1.54) is 180 Å². The van der Waals surface area contributed by atoms with E-state index in [2.05, 4.69) is 13.8 Å². The van der Waals surface area contributed by atoms with E-state index in [1.54, 1.807) is 0 Å². The third-order valence-corrected chi connectivity index (χ3v) is 9.23. The Balaban J connectivity index is 2.00. The van der Waals surface area contributed by atoms with Gasteiger partial charge in [-0.2, -0.15) is 0 Å². The van der Waals surface area contributed by atoms with Crippen molar-refractivity contribution in [1.29, 1.82) is 0 Å². The molecule has 0 unspecified atom stereocenters. The maximum absolute atomic E-state index is 12.2. The van der Waals surface area contributed by atoms with Crippen LogP contribution in [-0.2, 0) is 14.3 Å². The van der Waals surface area contributed by atoms with E-state index in [-0.39, 0.29) is 0 Å². The van der Waals surface area contributed by atoms with Crippen LogP contribution in [0.5, 0.6) is 0 Å². The number of cyclic esters (lactones) is 2. The first-order valence-electron chi connectivity index (χ1n) is 19.4. The van der Waals surface area contributed by atoms with Gasteiger partial charge >= 0.3 is 11.9 Å². The van der Waals surface area contributed by atoms with Gasteiger partial charge in [-0.3, -0.25) is 0 Å². The summed E-state index contributed by atoms with van der Waals surface area (Å²) >= 11 is 0. The highest BCUT2D eigenvalue weighted by Gasteiger charge is 2.32. The van der Waals surface area contributed by atoms with Crippen molar-refractivity contribution in [2.24, 2.45) is 0 Å². The van der Waals surface area contributed by atoms with E-state index < -0.39 is 11.9 Å². The summed E-state index contributed by atoms with van der Waals surface area (Å²) in [4.78, 5) is 24.4. The van der Waals surface area contributed by atoms with Crippen LogP contribution in [0.3, 0.4) is 0 Å². The van der Waals surface area contributed by atoms with Gasteiger partial charge in [0.1, 0.15) is 0 Å². The highest BCUT2D eigenvalue weighted by atomic mass is 16.6. The van der Waals surface area contributed by atoms with E-state index in [4.69, 9.17) is 4.74 Å². The number of carbonyl (C=O) groups excluding carboxylic acids is 2. The Morgan fingerprint density at radius 2 is 0.558 bits per heavy atom. The molecule has 0 spiro atoms. The lowest BCUT2D eigenvalue weighted by Crippen LogP contribution is -1.97. The number of hydrogen-bond donors (Lipinski definition) is 0. The summed E-state index contributed by atoms with van der Waals surface area (Å²) in [6, 6.07) is 0. The van der Waals surface area contributed by atoms with Crippen LogP contribution in [0.4, 0.5) is 0 Å². The lowest BCUT2D eigenvalue weighted by Gasteiger charge is -2.03. The summed E-state index contributed by atoms with van der Waals surface area (Å²) in [5.41, 5.74) is 1.02. The molecule has 0 aromatic heterocycles. The number of hydrogen-bond acceptors (Lipinski definition) is 3. The van der Waals surface area contributed by atoms with Gasteiger partial charge in [0.25, 0.3) is 0 Å². The molecule has 0 saturated carbocycles. The Morgan fingerprint density at radius 3 is 0.791 bits per heavy atom. The first kappa shape index (κ1) is 39.6. The number of unbranched alkanes of at least 4 members (excludes halogenated alkanes) is 30. The fourth-order valence-corrected chi connectivity index (χ4v) is 6.32. The van der Waals surface area contributed by atoms with Crippen molar-refractivity contribution in [2.75, 3.05) is 0 Å². The lowest BCUT2D eigenvalue weighted by molar-refractivity contribution is -0.149. The first-order chi connectivity index (χ1) is 21.2. The van der Waals surface area contributed by atoms with Crippen LogP contribution in [0.15, 0.2) is 23.3 Å². The minimum absolute atomic E-state index is 0.450. The Kier molecular flexibility index (Phi) is 28.2. The van der Waals surface area contributed by atoms with Crippen molar-refractivity contribution in [3.8, 4) is 0 Å². The van der Waals surface area contributed by atoms with Crippen molar-refractivity contribution >= 4 is 11.9 Å². The molecule has 3 heteroatoms. The molecule has 1 aliphatic rings. The van der Waals surface area contributed by atoms with Crippen molar-refractivity contribution in [2.45, 2.75) is 219 Å². The third kappa shape index (κ3) is 23.6. The molecular weight excluding hydrogens is 528 g/mol. The molecular formula is C40H72O3. The van der Waals surface area contributed by atoms with Gasteiger partial charge < -0.3 is 4.74 Å². The molecule has 0 radical (unpaired) electrons. The average molecular weight is 601 g/mol. The molecule has 0 aliphatic carbocycles. The highest BCUT2D eigenvalue weighted by Crippen LogP contribution is 2.25. The highest BCUT2D eigenvalue weighted by molar-refractivity contribution is 6.18. The summed E-state index contributed by atoms with van der Waals surface area (Å²) in [7, 11) is 0. The van der Waals surface area contributed by atoms with E-state index in [0.717, 1.165) is 25.7 Å². The van der Waals surface area contributed by atoms with Gasteiger partial charge in [-0.15, -0.1) is 0 Å². The predicted molar refractivity (Wildman–Crippen MR) is 186 cm³/mol. The normalized spacial score (nSPS) is 15.3. The molecule has 1 fully saturated rings. The second kappa shape index (κ2) is 30.6. The van der Waals surface area contributed by atoms with Crippen LogP contribution >= 0.6 is 0 Å². The minimum atomic E-state index is -0.450. The molecule has 43 heavy (non-hydrogen) atoms. The Bertz CT molecular complexity index is 659. The molecule has 0 bridgehead atoms. The Labute approximate surface area is 268 Å². The number of rotatable bonds is 32. The molecule has 0 aromatic carbocycles. The zero-order valence-electron chi connectivity index (χ0n) is 29.0. The first-order valence-corrected chi connectivity index (χ1v) is 19.4. The molecule has 0 amide bonds. The van der Waals surface area contributed by atoms with Gasteiger partial charge in [0.2, 0.25) is 0 Å². The maximum atomic E-state index is 12.2. The Morgan fingerprint density at radius 1 is 0.349 bits per heavy atom. The molecule has 0 aromatic rings. The fourth-order valence-electron chi connectivity index (χ4n) is 6.32. The van der Waals surface area contributed by atoms with Crippen molar-refractivity contribution in [1.82, 2.24) is 0 Å². The van der Waals surface area contributed by atoms with E-state index in [9.17, 15) is 9.59 Å². The van der Waals surface area contributed by atoms with Gasteiger partial charge in [0.15, 0.2) is 0 Å². The summed E-state index contributed by atoms with van der Waals surface area (Å²) in [6.07, 6.45) is 46.1. The standard InChI is InChI=1S/C40H72O3/c1-3-5-7-9-11-13-15-17-19-21-23-25-27-29-31-33-35-37-38(40(42)43-39(37)41)36-34-32-30-28-26-24-22-20-18-16-14-12-10-8-6-4-2/h35-36H,3-34H2,1-2H3. The number of carbonyl (C=O) groups is 2. The van der Waals surface area contributed by atoms with E-state index in [1.807, 2.05) is 12.2 Å².